The number of ketones is 1. The minimum atomic E-state index is -0.277. The van der Waals surface area contributed by atoms with Crippen LogP contribution in [0.5, 0.6) is 0 Å². The topological polar surface area (TPSA) is 75.3 Å². The van der Waals surface area contributed by atoms with E-state index in [2.05, 4.69) is 15.1 Å². The van der Waals surface area contributed by atoms with Gasteiger partial charge >= 0.3 is 0 Å². The van der Waals surface area contributed by atoms with Crippen LogP contribution in [0, 0.1) is 0 Å². The first kappa shape index (κ1) is 14.4. The molecule has 1 fully saturated rings. The average Bonchev–Trinajstić information content (AvgIpc) is 2.67. The van der Waals surface area contributed by atoms with Gasteiger partial charge in [0.2, 0.25) is 0 Å². The Morgan fingerprint density at radius 3 is 2.56 bits per heavy atom. The van der Waals surface area contributed by atoms with Crippen molar-refractivity contribution in [2.24, 2.45) is 0 Å². The van der Waals surface area contributed by atoms with Crippen LogP contribution >= 0.6 is 0 Å². The van der Waals surface area contributed by atoms with Crippen molar-refractivity contribution < 1.29 is 9.53 Å². The lowest BCUT2D eigenvalue weighted by atomic mass is 9.85. The number of hydrogen-bond donors (Lipinski definition) is 1. The first-order valence-electron chi connectivity index (χ1n) is 8.28. The molecule has 2 aromatic carbocycles. The summed E-state index contributed by atoms with van der Waals surface area (Å²) in [7, 11) is 0. The van der Waals surface area contributed by atoms with E-state index in [4.69, 9.17) is 4.74 Å². The number of carbonyl (C=O) groups is 1. The number of fused-ring (bicyclic) bond motifs is 2. The number of nitrogens with zero attached hydrogens (tertiary/aromatic N) is 2. The second-order valence-corrected chi connectivity index (χ2v) is 6.26. The van der Waals surface area contributed by atoms with Gasteiger partial charge in [0, 0.05) is 35.3 Å². The maximum absolute atomic E-state index is 13.3. The largest absolute Gasteiger partial charge is 0.378 e. The molecular formula is C19H15N3O3. The number of nitrogens with one attached hydrogen (secondary N) is 1. The van der Waals surface area contributed by atoms with Crippen LogP contribution in [0.2, 0.25) is 0 Å². The molecule has 0 saturated carbocycles. The van der Waals surface area contributed by atoms with Crippen molar-refractivity contribution in [3.63, 3.8) is 0 Å². The SMILES string of the molecule is O=C1c2ccccc2-c2n[nH]c(=O)c3ccc(N4CCOCC4)c1c23. The molecule has 1 aliphatic carbocycles. The van der Waals surface area contributed by atoms with E-state index in [9.17, 15) is 9.59 Å². The Balaban J connectivity index is 1.89. The lowest BCUT2D eigenvalue weighted by Crippen LogP contribution is -2.37. The standard InChI is InChI=1S/C19H15N3O3/c23-18-12-4-2-1-3-11(12)17-15-13(19(24)21-20-17)5-6-14(16(15)18)22-7-9-25-10-8-22/h1-6H,7-10H2,(H,21,24). The number of morpholine rings is 1. The molecule has 1 saturated heterocycles. The highest BCUT2D eigenvalue weighted by Gasteiger charge is 2.31. The van der Waals surface area contributed by atoms with Gasteiger partial charge in [0.1, 0.15) is 5.69 Å². The monoisotopic (exact) mass is 333 g/mol. The molecule has 124 valence electrons. The molecule has 1 aromatic heterocycles. The molecule has 0 bridgehead atoms. The van der Waals surface area contributed by atoms with Gasteiger partial charge in [-0.05, 0) is 12.1 Å². The highest BCUT2D eigenvalue weighted by molar-refractivity contribution is 6.27. The van der Waals surface area contributed by atoms with E-state index in [1.54, 1.807) is 6.07 Å². The Kier molecular flexibility index (Phi) is 3.02. The van der Waals surface area contributed by atoms with E-state index in [1.807, 2.05) is 30.3 Å². The van der Waals surface area contributed by atoms with Gasteiger partial charge in [-0.3, -0.25) is 9.59 Å². The zero-order valence-electron chi connectivity index (χ0n) is 13.4. The third-order valence-electron chi connectivity index (χ3n) is 4.94. The smallest absolute Gasteiger partial charge is 0.272 e. The van der Waals surface area contributed by atoms with Gasteiger partial charge < -0.3 is 9.64 Å². The van der Waals surface area contributed by atoms with E-state index in [0.29, 0.717) is 40.8 Å². The van der Waals surface area contributed by atoms with Gasteiger partial charge in [0.05, 0.1) is 24.2 Å². The highest BCUT2D eigenvalue weighted by atomic mass is 16.5. The van der Waals surface area contributed by atoms with Crippen molar-refractivity contribution in [3.8, 4) is 11.3 Å². The summed E-state index contributed by atoms with van der Waals surface area (Å²) in [6.07, 6.45) is 0. The summed E-state index contributed by atoms with van der Waals surface area (Å²) in [6, 6.07) is 11.1. The zero-order valence-corrected chi connectivity index (χ0v) is 13.4. The van der Waals surface area contributed by atoms with Crippen LogP contribution in [0.4, 0.5) is 5.69 Å². The summed E-state index contributed by atoms with van der Waals surface area (Å²) in [4.78, 5) is 27.7. The lowest BCUT2D eigenvalue weighted by Gasteiger charge is -2.32. The molecular weight excluding hydrogens is 318 g/mol. The summed E-state index contributed by atoms with van der Waals surface area (Å²) in [5, 5.41) is 7.97. The Morgan fingerprint density at radius 2 is 1.76 bits per heavy atom. The lowest BCUT2D eigenvalue weighted by molar-refractivity contribution is 0.103. The average molecular weight is 333 g/mol. The van der Waals surface area contributed by atoms with Crippen LogP contribution in [-0.2, 0) is 4.74 Å². The van der Waals surface area contributed by atoms with Crippen molar-refractivity contribution in [2.75, 3.05) is 31.2 Å². The summed E-state index contributed by atoms with van der Waals surface area (Å²) in [5.74, 6) is -0.0532. The first-order valence-corrected chi connectivity index (χ1v) is 8.28. The molecule has 2 heterocycles. The predicted octanol–water partition coefficient (Wildman–Crippen LogP) is 1.97. The summed E-state index contributed by atoms with van der Waals surface area (Å²) in [5.41, 5.74) is 3.20. The number of aromatic nitrogens is 2. The number of hydrogen-bond acceptors (Lipinski definition) is 5. The van der Waals surface area contributed by atoms with Crippen molar-refractivity contribution in [3.05, 3.63) is 57.9 Å². The normalized spacial score (nSPS) is 16.2. The Bertz CT molecular complexity index is 1080. The van der Waals surface area contributed by atoms with Crippen LogP contribution in [0.1, 0.15) is 15.9 Å². The second kappa shape index (κ2) is 5.26. The minimum absolute atomic E-state index is 0.0532. The number of rotatable bonds is 1. The highest BCUT2D eigenvalue weighted by Crippen LogP contribution is 2.40. The zero-order chi connectivity index (χ0) is 17.0. The Labute approximate surface area is 143 Å². The molecule has 0 atom stereocenters. The maximum atomic E-state index is 13.3. The summed E-state index contributed by atoms with van der Waals surface area (Å²) in [6.45, 7) is 2.70. The third kappa shape index (κ3) is 1.97. The predicted molar refractivity (Wildman–Crippen MR) is 94.3 cm³/mol. The fourth-order valence-electron chi connectivity index (χ4n) is 3.76. The fourth-order valence-corrected chi connectivity index (χ4v) is 3.76. The number of ether oxygens (including phenoxy) is 1. The summed E-state index contributed by atoms with van der Waals surface area (Å²) >= 11 is 0. The molecule has 0 amide bonds. The maximum Gasteiger partial charge on any atom is 0.272 e. The van der Waals surface area contributed by atoms with Gasteiger partial charge in [-0.25, -0.2) is 5.10 Å². The van der Waals surface area contributed by atoms with Crippen molar-refractivity contribution in [1.82, 2.24) is 10.2 Å². The number of H-pyrrole nitrogens is 1. The molecule has 0 unspecified atom stereocenters. The van der Waals surface area contributed by atoms with Crippen LogP contribution < -0.4 is 10.5 Å². The number of benzene rings is 2. The molecule has 3 aromatic rings. The Morgan fingerprint density at radius 1 is 1.00 bits per heavy atom. The first-order chi connectivity index (χ1) is 12.3. The second-order valence-electron chi connectivity index (χ2n) is 6.26. The number of anilines is 1. The van der Waals surface area contributed by atoms with Crippen molar-refractivity contribution in [1.29, 1.82) is 0 Å². The van der Waals surface area contributed by atoms with Crippen LogP contribution in [-0.4, -0.2) is 42.3 Å². The molecule has 5 rings (SSSR count). The third-order valence-corrected chi connectivity index (χ3v) is 4.94. The molecule has 2 aliphatic rings. The molecule has 0 radical (unpaired) electrons. The van der Waals surface area contributed by atoms with E-state index >= 15 is 0 Å². The molecule has 1 aliphatic heterocycles. The van der Waals surface area contributed by atoms with Gasteiger partial charge in [-0.1, -0.05) is 24.3 Å². The van der Waals surface area contributed by atoms with Crippen LogP contribution in [0.15, 0.2) is 41.2 Å². The number of carbonyl (C=O) groups excluding carboxylic acids is 1. The van der Waals surface area contributed by atoms with Crippen molar-refractivity contribution >= 4 is 22.2 Å². The number of aromatic amines is 1. The van der Waals surface area contributed by atoms with Crippen LogP contribution in [0.3, 0.4) is 0 Å². The van der Waals surface area contributed by atoms with Gasteiger partial charge in [-0.2, -0.15) is 5.10 Å². The fraction of sp³-hybridized carbons (Fsp3) is 0.211. The van der Waals surface area contributed by atoms with Gasteiger partial charge in [-0.15, -0.1) is 0 Å². The summed E-state index contributed by atoms with van der Waals surface area (Å²) < 4.78 is 5.43. The molecule has 6 nitrogen and oxygen atoms in total. The molecule has 6 heteroatoms. The van der Waals surface area contributed by atoms with Gasteiger partial charge in [0.15, 0.2) is 5.78 Å². The van der Waals surface area contributed by atoms with E-state index in [0.717, 1.165) is 24.3 Å². The molecule has 0 spiro atoms. The Hall–Kier alpha value is -2.99. The van der Waals surface area contributed by atoms with Gasteiger partial charge in [0.25, 0.3) is 5.56 Å². The van der Waals surface area contributed by atoms with E-state index < -0.39 is 0 Å². The van der Waals surface area contributed by atoms with E-state index in [-0.39, 0.29) is 11.3 Å². The minimum Gasteiger partial charge on any atom is -0.378 e. The van der Waals surface area contributed by atoms with Crippen LogP contribution in [0.25, 0.3) is 22.0 Å². The quantitative estimate of drug-likeness (QED) is 0.576. The molecule has 25 heavy (non-hydrogen) atoms. The molecule has 1 N–H and O–H groups in total. The van der Waals surface area contributed by atoms with E-state index in [1.165, 1.54) is 0 Å². The van der Waals surface area contributed by atoms with Crippen molar-refractivity contribution in [2.45, 2.75) is 0 Å².